The third kappa shape index (κ3) is 1.93. The minimum absolute atomic E-state index is 0.117. The van der Waals surface area contributed by atoms with Gasteiger partial charge in [0.05, 0.1) is 5.39 Å². The molecule has 4 heteroatoms. The highest BCUT2D eigenvalue weighted by atomic mass is 15.0. The smallest absolute Gasteiger partial charge is 0.143 e. The van der Waals surface area contributed by atoms with E-state index in [2.05, 4.69) is 34.0 Å². The predicted molar refractivity (Wildman–Crippen MR) is 81.7 cm³/mol. The van der Waals surface area contributed by atoms with Crippen LogP contribution in [0.3, 0.4) is 0 Å². The summed E-state index contributed by atoms with van der Waals surface area (Å²) in [7, 11) is 0. The second kappa shape index (κ2) is 4.63. The number of aromatic nitrogens is 3. The van der Waals surface area contributed by atoms with Crippen LogP contribution in [0, 0.1) is 13.8 Å². The molecular weight excluding hydrogens is 248 g/mol. The molecule has 2 aromatic heterocycles. The molecule has 20 heavy (non-hydrogen) atoms. The zero-order valence-corrected chi connectivity index (χ0v) is 11.9. The number of nitrogen functional groups attached to an aromatic ring is 1. The summed E-state index contributed by atoms with van der Waals surface area (Å²) >= 11 is 0. The monoisotopic (exact) mass is 266 g/mol. The molecule has 0 saturated carbocycles. The third-order valence-electron chi connectivity index (χ3n) is 3.88. The summed E-state index contributed by atoms with van der Waals surface area (Å²) in [5, 5.41) is 0.937. The van der Waals surface area contributed by atoms with Crippen LogP contribution in [0.15, 0.2) is 30.3 Å². The van der Waals surface area contributed by atoms with E-state index in [1.54, 1.807) is 0 Å². The topological polar surface area (TPSA) is 67.6 Å². The molecule has 0 spiro atoms. The molecule has 4 nitrogen and oxygen atoms in total. The van der Waals surface area contributed by atoms with Gasteiger partial charge in [0.1, 0.15) is 17.3 Å². The van der Waals surface area contributed by atoms with Gasteiger partial charge in [-0.2, -0.15) is 0 Å². The molecule has 0 radical (unpaired) electrons. The predicted octanol–water partition coefficient (Wildman–Crippen LogP) is 3.31. The van der Waals surface area contributed by atoms with Crippen molar-refractivity contribution < 1.29 is 0 Å². The molecule has 0 bridgehead atoms. The Hall–Kier alpha value is -2.36. The maximum atomic E-state index is 6.12. The Labute approximate surface area is 118 Å². The van der Waals surface area contributed by atoms with Crippen molar-refractivity contribution in [3.63, 3.8) is 0 Å². The number of rotatable bonds is 2. The first-order valence-electron chi connectivity index (χ1n) is 6.75. The molecule has 0 unspecified atom stereocenters. The molecule has 0 aliphatic heterocycles. The SMILES string of the molecule is Cc1[nH]c2nc([C@H](C)c3ccccc3)nc(N)c2c1C. The Bertz CT molecular complexity index is 759. The van der Waals surface area contributed by atoms with Crippen molar-refractivity contribution >= 4 is 16.9 Å². The van der Waals surface area contributed by atoms with Crippen molar-refractivity contribution in [3.8, 4) is 0 Å². The third-order valence-corrected chi connectivity index (χ3v) is 3.88. The van der Waals surface area contributed by atoms with Crippen LogP contribution in [-0.4, -0.2) is 15.0 Å². The molecule has 102 valence electrons. The first-order chi connectivity index (χ1) is 9.58. The van der Waals surface area contributed by atoms with Gasteiger partial charge in [-0.1, -0.05) is 37.3 Å². The van der Waals surface area contributed by atoms with E-state index >= 15 is 0 Å². The Balaban J connectivity index is 2.14. The van der Waals surface area contributed by atoms with Gasteiger partial charge >= 0.3 is 0 Å². The van der Waals surface area contributed by atoms with Gasteiger partial charge in [0.2, 0.25) is 0 Å². The zero-order valence-electron chi connectivity index (χ0n) is 11.9. The fourth-order valence-corrected chi connectivity index (χ4v) is 2.50. The first kappa shape index (κ1) is 12.7. The summed E-state index contributed by atoms with van der Waals surface area (Å²) in [5.41, 5.74) is 10.3. The minimum Gasteiger partial charge on any atom is -0.383 e. The van der Waals surface area contributed by atoms with Crippen LogP contribution in [-0.2, 0) is 0 Å². The highest BCUT2D eigenvalue weighted by Gasteiger charge is 2.16. The number of hydrogen-bond acceptors (Lipinski definition) is 3. The Kier molecular flexibility index (Phi) is 2.93. The van der Waals surface area contributed by atoms with Crippen molar-refractivity contribution in [2.24, 2.45) is 0 Å². The largest absolute Gasteiger partial charge is 0.383 e. The number of nitrogens with one attached hydrogen (secondary N) is 1. The maximum absolute atomic E-state index is 6.12. The molecule has 0 fully saturated rings. The van der Waals surface area contributed by atoms with Gasteiger partial charge in [-0.3, -0.25) is 0 Å². The molecule has 3 aromatic rings. The summed E-state index contributed by atoms with van der Waals surface area (Å²) in [6.45, 7) is 6.16. The van der Waals surface area contributed by atoms with Gasteiger partial charge in [0.25, 0.3) is 0 Å². The van der Waals surface area contributed by atoms with E-state index in [4.69, 9.17) is 5.73 Å². The van der Waals surface area contributed by atoms with Crippen LogP contribution in [0.25, 0.3) is 11.0 Å². The van der Waals surface area contributed by atoms with Crippen LogP contribution in [0.4, 0.5) is 5.82 Å². The number of aromatic amines is 1. The van der Waals surface area contributed by atoms with Gasteiger partial charge in [-0.15, -0.1) is 0 Å². The Morgan fingerprint density at radius 3 is 2.50 bits per heavy atom. The normalized spacial score (nSPS) is 12.8. The van der Waals surface area contributed by atoms with Crippen molar-refractivity contribution in [3.05, 3.63) is 53.0 Å². The fraction of sp³-hybridized carbons (Fsp3) is 0.250. The van der Waals surface area contributed by atoms with Crippen LogP contribution in [0.2, 0.25) is 0 Å². The number of hydrogen-bond donors (Lipinski definition) is 2. The van der Waals surface area contributed by atoms with Crippen LogP contribution < -0.4 is 5.73 Å². The first-order valence-corrected chi connectivity index (χ1v) is 6.75. The lowest BCUT2D eigenvalue weighted by Gasteiger charge is -2.11. The molecule has 3 N–H and O–H groups in total. The molecule has 0 aliphatic carbocycles. The number of nitrogens with two attached hydrogens (primary N) is 1. The number of nitrogens with zero attached hydrogens (tertiary/aromatic N) is 2. The van der Waals surface area contributed by atoms with E-state index in [0.717, 1.165) is 28.1 Å². The lowest BCUT2D eigenvalue weighted by molar-refractivity contribution is 0.827. The molecule has 0 amide bonds. The lowest BCUT2D eigenvalue weighted by atomic mass is 10.0. The highest BCUT2D eigenvalue weighted by Crippen LogP contribution is 2.28. The van der Waals surface area contributed by atoms with E-state index in [-0.39, 0.29) is 5.92 Å². The van der Waals surface area contributed by atoms with Crippen LogP contribution in [0.5, 0.6) is 0 Å². The molecule has 0 saturated heterocycles. The summed E-state index contributed by atoms with van der Waals surface area (Å²) in [5.74, 6) is 1.42. The van der Waals surface area contributed by atoms with Crippen LogP contribution in [0.1, 0.15) is 35.5 Å². The van der Waals surface area contributed by atoms with Crippen LogP contribution >= 0.6 is 0 Å². The van der Waals surface area contributed by atoms with Crippen molar-refractivity contribution in [2.45, 2.75) is 26.7 Å². The quantitative estimate of drug-likeness (QED) is 0.747. The molecule has 2 heterocycles. The summed E-state index contributed by atoms with van der Waals surface area (Å²) in [6.07, 6.45) is 0. The van der Waals surface area contributed by atoms with E-state index in [9.17, 15) is 0 Å². The Morgan fingerprint density at radius 2 is 1.80 bits per heavy atom. The van der Waals surface area contributed by atoms with Crippen molar-refractivity contribution in [1.29, 1.82) is 0 Å². The average molecular weight is 266 g/mol. The number of fused-ring (bicyclic) bond motifs is 1. The van der Waals surface area contributed by atoms with E-state index in [0.29, 0.717) is 5.82 Å². The number of aryl methyl sites for hydroxylation is 2. The van der Waals surface area contributed by atoms with Gasteiger partial charge in [0, 0.05) is 11.6 Å². The number of benzene rings is 1. The number of H-pyrrole nitrogens is 1. The molecule has 0 aliphatic rings. The second-order valence-corrected chi connectivity index (χ2v) is 5.20. The highest BCUT2D eigenvalue weighted by molar-refractivity contribution is 5.90. The van der Waals surface area contributed by atoms with E-state index < -0.39 is 0 Å². The second-order valence-electron chi connectivity index (χ2n) is 5.20. The number of anilines is 1. The summed E-state index contributed by atoms with van der Waals surface area (Å²) < 4.78 is 0. The molecule has 3 rings (SSSR count). The van der Waals surface area contributed by atoms with Gasteiger partial charge in [-0.05, 0) is 25.0 Å². The standard InChI is InChI=1S/C16H18N4/c1-9-11(3)18-16-13(9)14(17)19-15(20-16)10(2)12-7-5-4-6-8-12/h4-8,10H,1-3H3,(H3,17,18,19,20)/t10-/m1/s1. The van der Waals surface area contributed by atoms with Crippen molar-refractivity contribution in [2.75, 3.05) is 5.73 Å². The summed E-state index contributed by atoms with van der Waals surface area (Å²) in [4.78, 5) is 12.4. The molecule has 1 aromatic carbocycles. The maximum Gasteiger partial charge on any atom is 0.143 e. The average Bonchev–Trinajstić information content (AvgIpc) is 2.74. The zero-order chi connectivity index (χ0) is 14.3. The Morgan fingerprint density at radius 1 is 1.10 bits per heavy atom. The lowest BCUT2D eigenvalue weighted by Crippen LogP contribution is -2.05. The minimum atomic E-state index is 0.117. The summed E-state index contributed by atoms with van der Waals surface area (Å²) in [6, 6.07) is 10.2. The van der Waals surface area contributed by atoms with Gasteiger partial charge in [0.15, 0.2) is 0 Å². The fourth-order valence-electron chi connectivity index (χ4n) is 2.50. The van der Waals surface area contributed by atoms with Crippen molar-refractivity contribution in [1.82, 2.24) is 15.0 Å². The molecule has 1 atom stereocenters. The molecular formula is C16H18N4. The van der Waals surface area contributed by atoms with Gasteiger partial charge < -0.3 is 10.7 Å². The van der Waals surface area contributed by atoms with E-state index in [1.807, 2.05) is 32.0 Å². The van der Waals surface area contributed by atoms with Gasteiger partial charge in [-0.25, -0.2) is 9.97 Å². The van der Waals surface area contributed by atoms with E-state index in [1.165, 1.54) is 5.56 Å².